The van der Waals surface area contributed by atoms with E-state index >= 15 is 0 Å². The zero-order valence-corrected chi connectivity index (χ0v) is 53.9. The maximum absolute atomic E-state index is 11.8. The third-order valence-electron chi connectivity index (χ3n) is 17.3. The summed E-state index contributed by atoms with van der Waals surface area (Å²) in [6.45, 7) is 15.7. The van der Waals surface area contributed by atoms with Crippen molar-refractivity contribution in [3.05, 3.63) is 263 Å². The Balaban J connectivity index is 0.000000243. The SMILES string of the molecule is CCCCCCCCC1(CCCCCCCC)c2cc(C)ccc2-c2ccc(-c3ccc(N(c4ccc(C)cc4)c4ccc(C(C)CC)cc4)cc3)cc21.Cc1ccc(C(=O)c2ccc[n-]2)cc1.[Ir].[c-]1ccccc1-c1nccc2ccccc12. The molecule has 85 heavy (non-hydrogen) atoms. The van der Waals surface area contributed by atoms with E-state index in [-0.39, 0.29) is 31.3 Å². The molecule has 439 valence electrons. The molecule has 11 rings (SSSR count). The van der Waals surface area contributed by atoms with Crippen LogP contribution in [0, 0.1) is 26.8 Å². The molecule has 0 N–H and O–H groups in total. The number of hydrogen-bond acceptors (Lipinski definition) is 3. The summed E-state index contributed by atoms with van der Waals surface area (Å²) in [7, 11) is 0. The van der Waals surface area contributed by atoms with E-state index in [2.05, 4.69) is 184 Å². The number of anilines is 3. The van der Waals surface area contributed by atoms with Crippen molar-refractivity contribution in [2.75, 3.05) is 4.90 Å². The summed E-state index contributed by atoms with van der Waals surface area (Å²) in [5.74, 6) is 0.542. The normalized spacial score (nSPS) is 12.2. The molecule has 1 aliphatic rings. The molecule has 4 nitrogen and oxygen atoms in total. The number of unbranched alkanes of at least 4 members (excludes halogenated alkanes) is 10. The van der Waals surface area contributed by atoms with Crippen molar-refractivity contribution < 1.29 is 24.9 Å². The maximum Gasteiger partial charge on any atom is 0.171 e. The van der Waals surface area contributed by atoms with Gasteiger partial charge in [-0.1, -0.05) is 255 Å². The number of benzene rings is 8. The molecule has 0 aliphatic heterocycles. The van der Waals surface area contributed by atoms with E-state index in [1.54, 1.807) is 29.5 Å². The van der Waals surface area contributed by atoms with Gasteiger partial charge in [0.2, 0.25) is 0 Å². The molecule has 8 aromatic carbocycles. The van der Waals surface area contributed by atoms with Gasteiger partial charge in [-0.15, -0.1) is 35.9 Å². The van der Waals surface area contributed by atoms with E-state index < -0.39 is 0 Å². The van der Waals surface area contributed by atoms with E-state index in [1.807, 2.05) is 79.9 Å². The molecular weight excluding hydrogens is 1210 g/mol. The van der Waals surface area contributed by atoms with Crippen molar-refractivity contribution in [1.29, 1.82) is 0 Å². The predicted octanol–water partition coefficient (Wildman–Crippen LogP) is 22.6. The summed E-state index contributed by atoms with van der Waals surface area (Å²) in [4.78, 5) is 22.6. The van der Waals surface area contributed by atoms with Gasteiger partial charge in [0.25, 0.3) is 0 Å². The summed E-state index contributed by atoms with van der Waals surface area (Å²) >= 11 is 0. The van der Waals surface area contributed by atoms with E-state index in [1.165, 1.54) is 157 Å². The van der Waals surface area contributed by atoms with Crippen molar-refractivity contribution in [2.24, 2.45) is 0 Å². The fourth-order valence-corrected chi connectivity index (χ4v) is 12.2. The summed E-state index contributed by atoms with van der Waals surface area (Å²) in [6.07, 6.45) is 23.2. The molecule has 0 amide bonds. The number of aromatic nitrogens is 2. The van der Waals surface area contributed by atoms with Crippen LogP contribution in [0.4, 0.5) is 17.1 Å². The Morgan fingerprint density at radius 3 is 1.68 bits per heavy atom. The summed E-state index contributed by atoms with van der Waals surface area (Å²) in [5, 5.41) is 2.39. The van der Waals surface area contributed by atoms with Gasteiger partial charge < -0.3 is 14.9 Å². The number of hydrogen-bond donors (Lipinski definition) is 0. The minimum atomic E-state index is -0.0185. The van der Waals surface area contributed by atoms with E-state index in [0.29, 0.717) is 17.2 Å². The van der Waals surface area contributed by atoms with Crippen molar-refractivity contribution in [3.8, 4) is 33.5 Å². The van der Waals surface area contributed by atoms with Gasteiger partial charge in [-0.05, 0) is 150 Å². The van der Waals surface area contributed by atoms with Gasteiger partial charge in [0, 0.05) is 54.3 Å². The predicted molar refractivity (Wildman–Crippen MR) is 357 cm³/mol. The fourth-order valence-electron chi connectivity index (χ4n) is 12.2. The average molecular weight is 1300 g/mol. The molecule has 0 fully saturated rings. The van der Waals surface area contributed by atoms with Gasteiger partial charge in [0.05, 0.1) is 0 Å². The Labute approximate surface area is 523 Å². The average Bonchev–Trinajstić information content (AvgIpc) is 1.81. The molecule has 1 atom stereocenters. The summed E-state index contributed by atoms with van der Waals surface area (Å²) in [5.41, 5.74) is 20.8. The molecule has 5 heteroatoms. The van der Waals surface area contributed by atoms with Crippen molar-refractivity contribution >= 4 is 33.6 Å². The zero-order chi connectivity index (χ0) is 58.7. The smallest absolute Gasteiger partial charge is 0.171 e. The minimum absolute atomic E-state index is 0. The molecule has 0 saturated carbocycles. The Morgan fingerprint density at radius 1 is 0.541 bits per heavy atom. The van der Waals surface area contributed by atoms with Gasteiger partial charge in [0.15, 0.2) is 5.78 Å². The van der Waals surface area contributed by atoms with Gasteiger partial charge in [0.1, 0.15) is 0 Å². The van der Waals surface area contributed by atoms with Crippen molar-refractivity contribution in [1.82, 2.24) is 9.97 Å². The molecule has 10 aromatic rings. The second-order valence-electron chi connectivity index (χ2n) is 23.4. The second kappa shape index (κ2) is 31.6. The van der Waals surface area contributed by atoms with Crippen LogP contribution in [-0.4, -0.2) is 10.8 Å². The first-order valence-electron chi connectivity index (χ1n) is 31.4. The van der Waals surface area contributed by atoms with Crippen LogP contribution in [0.25, 0.3) is 44.3 Å². The Bertz CT molecular complexity index is 3600. The van der Waals surface area contributed by atoms with Crippen LogP contribution < -0.4 is 9.88 Å². The van der Waals surface area contributed by atoms with Crippen molar-refractivity contribution in [2.45, 2.75) is 156 Å². The molecule has 1 radical (unpaired) electrons. The van der Waals surface area contributed by atoms with Gasteiger partial charge in [-0.2, -0.15) is 6.20 Å². The standard InChI is InChI=1S/C53H67N.C15H10N.C12H11NO.Ir/c1-7-10-12-14-16-18-36-53(37-19-17-15-13-11-8-2)51-38-41(5)22-34-49(51)50-35-27-45(39-52(50)53)44-25-32-48(33-26-44)54(46-28-20-40(4)21-29-46)47-30-23-43(24-31-47)42(6)9-3;1-2-7-13(8-3-1)15-14-9-5-4-6-12(14)10-11-16-15;1-9-4-6-10(7-5-9)12(14)11-3-2-8-13-11;/h20-35,38-39,42H,7-19,36-37H2,1-6H3;1-7,9-11H;2-8H,1H3,(H,13,14);/q;-1;;/p-1. The third-order valence-corrected chi connectivity index (χ3v) is 17.3. The molecular formula is C80H87IrN3O-2. The van der Waals surface area contributed by atoms with Crippen LogP contribution in [0.3, 0.4) is 0 Å². The molecule has 2 heterocycles. The zero-order valence-electron chi connectivity index (χ0n) is 51.5. The molecule has 1 aliphatic carbocycles. The van der Waals surface area contributed by atoms with Crippen LogP contribution >= 0.6 is 0 Å². The van der Waals surface area contributed by atoms with Crippen LogP contribution in [0.5, 0.6) is 0 Å². The number of fused-ring (bicyclic) bond motifs is 4. The fraction of sp³-hybridized carbons (Fsp3) is 0.300. The van der Waals surface area contributed by atoms with E-state index in [0.717, 1.165) is 23.2 Å². The van der Waals surface area contributed by atoms with Gasteiger partial charge >= 0.3 is 0 Å². The van der Waals surface area contributed by atoms with Gasteiger partial charge in [-0.25, -0.2) is 0 Å². The van der Waals surface area contributed by atoms with Crippen LogP contribution in [0.1, 0.15) is 179 Å². The van der Waals surface area contributed by atoms with E-state index in [9.17, 15) is 4.79 Å². The summed E-state index contributed by atoms with van der Waals surface area (Å²) < 4.78 is 0. The number of carbonyl (C=O) groups is 1. The largest absolute Gasteiger partial charge is 0.661 e. The molecule has 2 aromatic heterocycles. The number of ketones is 1. The first kappa shape index (κ1) is 63.6. The Morgan fingerprint density at radius 2 is 1.08 bits per heavy atom. The van der Waals surface area contributed by atoms with Crippen LogP contribution in [0.2, 0.25) is 0 Å². The third kappa shape index (κ3) is 16.1. The number of aryl methyl sites for hydroxylation is 3. The molecule has 0 saturated heterocycles. The topological polar surface area (TPSA) is 47.3 Å². The maximum atomic E-state index is 11.8. The number of pyridine rings is 1. The van der Waals surface area contributed by atoms with Crippen LogP contribution in [0.15, 0.2) is 213 Å². The number of nitrogens with zero attached hydrogens (tertiary/aromatic N) is 3. The first-order valence-corrected chi connectivity index (χ1v) is 31.4. The number of carbonyl (C=O) groups excluding carboxylic acids is 1. The molecule has 1 unspecified atom stereocenters. The molecule has 0 bridgehead atoms. The first-order chi connectivity index (χ1) is 41.1. The minimum Gasteiger partial charge on any atom is -0.661 e. The van der Waals surface area contributed by atoms with Crippen molar-refractivity contribution in [3.63, 3.8) is 0 Å². The Hall–Kier alpha value is -7.43. The quantitative estimate of drug-likeness (QED) is 0.0364. The molecule has 0 spiro atoms. The van der Waals surface area contributed by atoms with Gasteiger partial charge in [-0.3, -0.25) is 4.79 Å². The Kier molecular flexibility index (Phi) is 23.7. The monoisotopic (exact) mass is 1300 g/mol. The summed E-state index contributed by atoms with van der Waals surface area (Å²) in [6, 6.07) is 74.7. The van der Waals surface area contributed by atoms with E-state index in [4.69, 9.17) is 0 Å². The van der Waals surface area contributed by atoms with Crippen LogP contribution in [-0.2, 0) is 25.5 Å². The number of rotatable bonds is 23. The second-order valence-corrected chi connectivity index (χ2v) is 23.4.